The Hall–Kier alpha value is -1.79. The van der Waals surface area contributed by atoms with Crippen LogP contribution < -0.4 is 14.8 Å². The van der Waals surface area contributed by atoms with Gasteiger partial charge >= 0.3 is 0 Å². The second kappa shape index (κ2) is 6.14. The van der Waals surface area contributed by atoms with Crippen molar-refractivity contribution in [1.29, 1.82) is 0 Å². The lowest BCUT2D eigenvalue weighted by Gasteiger charge is -2.34. The maximum atomic E-state index is 12.6. The minimum Gasteiger partial charge on any atom is -0.493 e. The van der Waals surface area contributed by atoms with Gasteiger partial charge in [-0.25, -0.2) is 0 Å². The van der Waals surface area contributed by atoms with E-state index in [2.05, 4.69) is 5.32 Å². The highest BCUT2D eigenvalue weighted by molar-refractivity contribution is 5.84. The van der Waals surface area contributed by atoms with Crippen LogP contribution >= 0.6 is 0 Å². The third-order valence-electron chi connectivity index (χ3n) is 3.59. The lowest BCUT2D eigenvalue weighted by atomic mass is 9.92. The minimum absolute atomic E-state index is 0.233. The second-order valence-corrected chi connectivity index (χ2v) is 6.46. The van der Waals surface area contributed by atoms with Crippen molar-refractivity contribution in [3.63, 3.8) is 0 Å². The van der Waals surface area contributed by atoms with Crippen molar-refractivity contribution in [2.45, 2.75) is 38.8 Å². The molecule has 1 unspecified atom stereocenters. The molecule has 1 aliphatic heterocycles. The predicted molar refractivity (Wildman–Crippen MR) is 82.4 cm³/mol. The normalized spacial score (nSPS) is 18.5. The van der Waals surface area contributed by atoms with E-state index < -0.39 is 6.04 Å². The van der Waals surface area contributed by atoms with Gasteiger partial charge < -0.3 is 20.0 Å². The molecular formula is C16H24N2O4. The number of hydrogen-bond acceptors (Lipinski definition) is 5. The largest absolute Gasteiger partial charge is 0.493 e. The van der Waals surface area contributed by atoms with Crippen LogP contribution in [0.5, 0.6) is 11.5 Å². The van der Waals surface area contributed by atoms with E-state index in [4.69, 9.17) is 9.47 Å². The number of fused-ring (bicyclic) bond motifs is 1. The molecule has 0 saturated carbocycles. The number of ether oxygens (including phenoxy) is 2. The van der Waals surface area contributed by atoms with Crippen LogP contribution in [0, 0.1) is 0 Å². The Morgan fingerprint density at radius 3 is 2.41 bits per heavy atom. The topological polar surface area (TPSA) is 71.0 Å². The number of benzene rings is 1. The van der Waals surface area contributed by atoms with Gasteiger partial charge in [-0.2, -0.15) is 5.06 Å². The smallest absolute Gasteiger partial charge is 0.244 e. The van der Waals surface area contributed by atoms with Gasteiger partial charge in [-0.15, -0.1) is 0 Å². The molecule has 0 aliphatic carbocycles. The van der Waals surface area contributed by atoms with E-state index in [0.717, 1.165) is 16.2 Å². The van der Waals surface area contributed by atoms with Crippen LogP contribution in [0.25, 0.3) is 0 Å². The van der Waals surface area contributed by atoms with Crippen molar-refractivity contribution < 1.29 is 19.5 Å². The molecule has 0 saturated heterocycles. The van der Waals surface area contributed by atoms with Gasteiger partial charge in [-0.1, -0.05) is 0 Å². The number of hydrogen-bond donors (Lipinski definition) is 2. The zero-order valence-electron chi connectivity index (χ0n) is 13.8. The summed E-state index contributed by atoms with van der Waals surface area (Å²) in [5.74, 6) is 0.941. The molecule has 1 atom stereocenters. The van der Waals surface area contributed by atoms with Crippen LogP contribution in [0.15, 0.2) is 12.1 Å². The summed E-state index contributed by atoms with van der Waals surface area (Å²) < 4.78 is 10.6. The van der Waals surface area contributed by atoms with Crippen LogP contribution in [-0.4, -0.2) is 42.5 Å². The van der Waals surface area contributed by atoms with Gasteiger partial charge in [-0.05, 0) is 50.5 Å². The van der Waals surface area contributed by atoms with Gasteiger partial charge in [0.05, 0.1) is 14.2 Å². The molecule has 2 rings (SSSR count). The first-order valence-corrected chi connectivity index (χ1v) is 7.29. The molecule has 2 N–H and O–H groups in total. The quantitative estimate of drug-likeness (QED) is 0.892. The van der Waals surface area contributed by atoms with E-state index in [1.807, 2.05) is 26.8 Å². The SMILES string of the molecule is COc1cc2c(cc1OC)C(C(=O)NC(C)(C)C)N(O)CC2. The standard InChI is InChI=1S/C16H24N2O4/c1-16(2,3)17-15(19)14-11-9-13(22-5)12(21-4)8-10(11)6-7-18(14)20/h8-9,14,20H,6-7H2,1-5H3,(H,17,19). The molecule has 1 heterocycles. The summed E-state index contributed by atoms with van der Waals surface area (Å²) in [5, 5.41) is 14.2. The lowest BCUT2D eigenvalue weighted by molar-refractivity contribution is -0.160. The van der Waals surface area contributed by atoms with Crippen molar-refractivity contribution in [3.05, 3.63) is 23.3 Å². The summed E-state index contributed by atoms with van der Waals surface area (Å²) in [6.45, 7) is 6.12. The van der Waals surface area contributed by atoms with Crippen molar-refractivity contribution in [2.75, 3.05) is 20.8 Å². The molecule has 22 heavy (non-hydrogen) atoms. The van der Waals surface area contributed by atoms with E-state index in [-0.39, 0.29) is 11.4 Å². The molecule has 0 bridgehead atoms. The zero-order valence-corrected chi connectivity index (χ0v) is 13.8. The maximum Gasteiger partial charge on any atom is 0.244 e. The van der Waals surface area contributed by atoms with Crippen molar-refractivity contribution in [2.24, 2.45) is 0 Å². The fraction of sp³-hybridized carbons (Fsp3) is 0.562. The van der Waals surface area contributed by atoms with Gasteiger partial charge in [0.2, 0.25) is 5.91 Å². The zero-order chi connectivity index (χ0) is 16.5. The van der Waals surface area contributed by atoms with Crippen LogP contribution in [0.1, 0.15) is 37.9 Å². The van der Waals surface area contributed by atoms with Crippen LogP contribution in [0.3, 0.4) is 0 Å². The average molecular weight is 308 g/mol. The average Bonchev–Trinajstić information content (AvgIpc) is 2.43. The number of methoxy groups -OCH3 is 2. The molecular weight excluding hydrogens is 284 g/mol. The van der Waals surface area contributed by atoms with E-state index in [1.165, 1.54) is 0 Å². The van der Waals surface area contributed by atoms with Gasteiger partial charge in [0.1, 0.15) is 6.04 Å². The highest BCUT2D eigenvalue weighted by Crippen LogP contribution is 2.37. The fourth-order valence-electron chi connectivity index (χ4n) is 2.65. The highest BCUT2D eigenvalue weighted by atomic mass is 16.5. The highest BCUT2D eigenvalue weighted by Gasteiger charge is 2.35. The summed E-state index contributed by atoms with van der Waals surface area (Å²) >= 11 is 0. The van der Waals surface area contributed by atoms with Crippen LogP contribution in [-0.2, 0) is 11.2 Å². The molecule has 1 amide bonds. The van der Waals surface area contributed by atoms with Gasteiger partial charge in [0, 0.05) is 12.1 Å². The summed E-state index contributed by atoms with van der Waals surface area (Å²) in [6, 6.07) is 2.89. The number of carbonyl (C=O) groups excluding carboxylic acids is 1. The monoisotopic (exact) mass is 308 g/mol. The number of nitrogens with one attached hydrogen (secondary N) is 1. The first kappa shape index (κ1) is 16.6. The first-order valence-electron chi connectivity index (χ1n) is 7.29. The van der Waals surface area contributed by atoms with E-state index in [0.29, 0.717) is 24.5 Å². The van der Waals surface area contributed by atoms with Crippen molar-refractivity contribution >= 4 is 5.91 Å². The fourth-order valence-corrected chi connectivity index (χ4v) is 2.65. The van der Waals surface area contributed by atoms with E-state index in [1.54, 1.807) is 20.3 Å². The summed E-state index contributed by atoms with van der Waals surface area (Å²) in [7, 11) is 3.13. The van der Waals surface area contributed by atoms with Crippen molar-refractivity contribution in [1.82, 2.24) is 10.4 Å². The molecule has 6 heteroatoms. The second-order valence-electron chi connectivity index (χ2n) is 6.46. The molecule has 122 valence electrons. The molecule has 0 radical (unpaired) electrons. The van der Waals surface area contributed by atoms with Crippen molar-refractivity contribution in [3.8, 4) is 11.5 Å². The molecule has 6 nitrogen and oxygen atoms in total. The summed E-state index contributed by atoms with van der Waals surface area (Å²) in [4.78, 5) is 12.6. The number of amides is 1. The predicted octanol–water partition coefficient (Wildman–Crippen LogP) is 1.91. The Kier molecular flexibility index (Phi) is 4.63. The maximum absolute atomic E-state index is 12.6. The van der Waals surface area contributed by atoms with Gasteiger partial charge in [0.15, 0.2) is 11.5 Å². The van der Waals surface area contributed by atoms with Gasteiger partial charge in [0.25, 0.3) is 0 Å². The Balaban J connectivity index is 2.43. The summed E-state index contributed by atoms with van der Waals surface area (Å²) in [6.07, 6.45) is 0.644. The first-order chi connectivity index (χ1) is 10.3. The van der Waals surface area contributed by atoms with E-state index in [9.17, 15) is 10.0 Å². The molecule has 1 aromatic rings. The van der Waals surface area contributed by atoms with Gasteiger partial charge in [-0.3, -0.25) is 4.79 Å². The Bertz CT molecular complexity index is 566. The van der Waals surface area contributed by atoms with Crippen LogP contribution in [0.2, 0.25) is 0 Å². The third kappa shape index (κ3) is 3.34. The Morgan fingerprint density at radius 2 is 1.86 bits per heavy atom. The number of hydroxylamine groups is 2. The number of nitrogens with zero attached hydrogens (tertiary/aromatic N) is 1. The Labute approximate surface area is 131 Å². The number of rotatable bonds is 3. The van der Waals surface area contributed by atoms with E-state index >= 15 is 0 Å². The molecule has 1 aromatic carbocycles. The third-order valence-corrected chi connectivity index (χ3v) is 3.59. The molecule has 0 aromatic heterocycles. The molecule has 1 aliphatic rings. The Morgan fingerprint density at radius 1 is 1.27 bits per heavy atom. The molecule has 0 fully saturated rings. The lowest BCUT2D eigenvalue weighted by Crippen LogP contribution is -2.48. The summed E-state index contributed by atoms with van der Waals surface area (Å²) in [5.41, 5.74) is 1.36. The van der Waals surface area contributed by atoms with Crippen LogP contribution in [0.4, 0.5) is 0 Å². The minimum atomic E-state index is -0.747. The molecule has 0 spiro atoms. The number of carbonyl (C=O) groups is 1.